The summed E-state index contributed by atoms with van der Waals surface area (Å²) in [6.07, 6.45) is 0. The molecule has 0 amide bonds. The van der Waals surface area contributed by atoms with Gasteiger partial charge < -0.3 is 20.3 Å². The van der Waals surface area contributed by atoms with E-state index in [0.717, 1.165) is 32.0 Å². The van der Waals surface area contributed by atoms with Crippen LogP contribution in [0.3, 0.4) is 0 Å². The zero-order valence-electron chi connectivity index (χ0n) is 11.2. The van der Waals surface area contributed by atoms with Crippen LogP contribution in [0.4, 0.5) is 11.8 Å². The quantitative estimate of drug-likeness (QED) is 0.826. The predicted octanol–water partition coefficient (Wildman–Crippen LogP) is 0.0719. The average Bonchev–Trinajstić information content (AvgIpc) is 2.80. The number of anilines is 2. The van der Waals surface area contributed by atoms with E-state index in [2.05, 4.69) is 26.9 Å². The summed E-state index contributed by atoms with van der Waals surface area (Å²) in [6.45, 7) is 4.02. The topological polar surface area (TPSA) is 71.9 Å². The van der Waals surface area contributed by atoms with Crippen molar-refractivity contribution in [2.45, 2.75) is 0 Å². The first-order chi connectivity index (χ1) is 9.19. The van der Waals surface area contributed by atoms with Gasteiger partial charge in [-0.2, -0.15) is 9.50 Å². The molecule has 7 heteroatoms. The van der Waals surface area contributed by atoms with Crippen molar-refractivity contribution in [2.24, 2.45) is 0 Å². The molecule has 0 bridgehead atoms. The molecule has 3 heterocycles. The smallest absolute Gasteiger partial charge is 0.240 e. The van der Waals surface area contributed by atoms with Gasteiger partial charge in [0.05, 0.1) is 7.11 Å². The van der Waals surface area contributed by atoms with Crippen LogP contribution in [0.2, 0.25) is 0 Å². The Kier molecular flexibility index (Phi) is 2.90. The Hall–Kier alpha value is -2.02. The standard InChI is InChI=1S/C12H18N6O/c1-16-5-7-17(8-6-16)10-4-3-9(19-2)11-14-12(13)15-18(10)11/h3-4H,5-8H2,1-2H3,(H2,13,15). The maximum atomic E-state index is 5.71. The Labute approximate surface area is 111 Å². The van der Waals surface area contributed by atoms with Crippen LogP contribution >= 0.6 is 0 Å². The SMILES string of the molecule is COc1ccc(N2CCN(C)CC2)n2nc(N)nc12. The number of nitrogens with two attached hydrogens (primary N) is 1. The van der Waals surface area contributed by atoms with Crippen molar-refractivity contribution in [1.82, 2.24) is 19.5 Å². The van der Waals surface area contributed by atoms with Crippen LogP contribution in [0.25, 0.3) is 5.65 Å². The van der Waals surface area contributed by atoms with E-state index in [-0.39, 0.29) is 5.95 Å². The van der Waals surface area contributed by atoms with Gasteiger partial charge in [-0.1, -0.05) is 0 Å². The normalized spacial score (nSPS) is 17.1. The lowest BCUT2D eigenvalue weighted by atomic mass is 10.3. The molecule has 0 aromatic carbocycles. The number of piperazine rings is 1. The van der Waals surface area contributed by atoms with Gasteiger partial charge in [0.15, 0.2) is 5.75 Å². The number of likely N-dealkylation sites (N-methyl/N-ethyl adjacent to an activating group) is 1. The lowest BCUT2D eigenvalue weighted by Crippen LogP contribution is -2.45. The molecule has 102 valence electrons. The number of pyridine rings is 1. The molecule has 2 aromatic heterocycles. The van der Waals surface area contributed by atoms with E-state index in [1.165, 1.54) is 0 Å². The third-order valence-electron chi connectivity index (χ3n) is 3.49. The van der Waals surface area contributed by atoms with Crippen molar-refractivity contribution in [3.05, 3.63) is 12.1 Å². The highest BCUT2D eigenvalue weighted by molar-refractivity contribution is 5.61. The average molecular weight is 262 g/mol. The summed E-state index contributed by atoms with van der Waals surface area (Å²) < 4.78 is 7.06. The number of nitrogen functional groups attached to an aromatic ring is 1. The number of fused-ring (bicyclic) bond motifs is 1. The number of hydrogen-bond acceptors (Lipinski definition) is 6. The summed E-state index contributed by atoms with van der Waals surface area (Å²) in [5.74, 6) is 1.95. The summed E-state index contributed by atoms with van der Waals surface area (Å²) in [7, 11) is 3.75. The molecule has 3 rings (SSSR count). The Morgan fingerprint density at radius 2 is 1.95 bits per heavy atom. The molecular formula is C12H18N6O. The van der Waals surface area contributed by atoms with Gasteiger partial charge in [0.25, 0.3) is 0 Å². The molecule has 1 fully saturated rings. The first kappa shape index (κ1) is 12.0. The highest BCUT2D eigenvalue weighted by atomic mass is 16.5. The maximum absolute atomic E-state index is 5.71. The van der Waals surface area contributed by atoms with E-state index >= 15 is 0 Å². The van der Waals surface area contributed by atoms with Crippen LogP contribution in [0.15, 0.2) is 12.1 Å². The molecular weight excluding hydrogens is 244 g/mol. The van der Waals surface area contributed by atoms with Crippen LogP contribution in [0.5, 0.6) is 5.75 Å². The van der Waals surface area contributed by atoms with Crippen molar-refractivity contribution in [2.75, 3.05) is 51.0 Å². The Balaban J connectivity index is 2.04. The van der Waals surface area contributed by atoms with Crippen molar-refractivity contribution in [3.8, 4) is 5.75 Å². The fourth-order valence-corrected chi connectivity index (χ4v) is 2.38. The highest BCUT2D eigenvalue weighted by Crippen LogP contribution is 2.25. The zero-order chi connectivity index (χ0) is 13.4. The van der Waals surface area contributed by atoms with Gasteiger partial charge in [0.1, 0.15) is 5.82 Å². The Morgan fingerprint density at radius 3 is 2.63 bits per heavy atom. The predicted molar refractivity (Wildman–Crippen MR) is 73.7 cm³/mol. The van der Waals surface area contributed by atoms with Gasteiger partial charge in [-0.25, -0.2) is 0 Å². The van der Waals surface area contributed by atoms with Crippen molar-refractivity contribution >= 4 is 17.4 Å². The molecule has 7 nitrogen and oxygen atoms in total. The summed E-state index contributed by atoms with van der Waals surface area (Å²) >= 11 is 0. The van der Waals surface area contributed by atoms with E-state index < -0.39 is 0 Å². The van der Waals surface area contributed by atoms with Gasteiger partial charge in [0.2, 0.25) is 11.6 Å². The number of rotatable bonds is 2. The minimum absolute atomic E-state index is 0.264. The summed E-state index contributed by atoms with van der Waals surface area (Å²) in [5.41, 5.74) is 6.37. The van der Waals surface area contributed by atoms with Crippen LogP contribution < -0.4 is 15.4 Å². The van der Waals surface area contributed by atoms with Crippen LogP contribution in [0, 0.1) is 0 Å². The van der Waals surface area contributed by atoms with E-state index in [1.807, 2.05) is 12.1 Å². The van der Waals surface area contributed by atoms with Crippen LogP contribution in [0.1, 0.15) is 0 Å². The van der Waals surface area contributed by atoms with E-state index in [9.17, 15) is 0 Å². The number of aromatic nitrogens is 3. The van der Waals surface area contributed by atoms with E-state index in [1.54, 1.807) is 11.6 Å². The van der Waals surface area contributed by atoms with Crippen molar-refractivity contribution in [3.63, 3.8) is 0 Å². The molecule has 0 atom stereocenters. The lowest BCUT2D eigenvalue weighted by Gasteiger charge is -2.33. The fourth-order valence-electron chi connectivity index (χ4n) is 2.38. The fraction of sp³-hybridized carbons (Fsp3) is 0.500. The molecule has 0 saturated carbocycles. The molecule has 0 aliphatic carbocycles. The van der Waals surface area contributed by atoms with Crippen molar-refractivity contribution < 1.29 is 4.74 Å². The second-order valence-electron chi connectivity index (χ2n) is 4.76. The number of hydrogen-bond donors (Lipinski definition) is 1. The van der Waals surface area contributed by atoms with E-state index in [0.29, 0.717) is 11.4 Å². The Bertz CT molecular complexity index is 587. The van der Waals surface area contributed by atoms with Crippen molar-refractivity contribution in [1.29, 1.82) is 0 Å². The van der Waals surface area contributed by atoms with Gasteiger partial charge in [-0.3, -0.25) is 0 Å². The Morgan fingerprint density at radius 1 is 1.21 bits per heavy atom. The maximum Gasteiger partial charge on any atom is 0.240 e. The molecule has 1 aliphatic heterocycles. The monoisotopic (exact) mass is 262 g/mol. The van der Waals surface area contributed by atoms with E-state index in [4.69, 9.17) is 10.5 Å². The number of ether oxygens (including phenoxy) is 1. The summed E-state index contributed by atoms with van der Waals surface area (Å²) in [5, 5.41) is 4.26. The molecule has 1 aliphatic rings. The number of nitrogens with zero attached hydrogens (tertiary/aromatic N) is 5. The summed E-state index contributed by atoms with van der Waals surface area (Å²) in [6, 6.07) is 3.92. The number of methoxy groups -OCH3 is 1. The van der Waals surface area contributed by atoms with Gasteiger partial charge in [-0.15, -0.1) is 5.10 Å². The molecule has 2 aromatic rings. The molecule has 0 unspecified atom stereocenters. The van der Waals surface area contributed by atoms with Gasteiger partial charge in [-0.05, 0) is 19.2 Å². The minimum Gasteiger partial charge on any atom is -0.493 e. The second-order valence-corrected chi connectivity index (χ2v) is 4.76. The third kappa shape index (κ3) is 2.06. The van der Waals surface area contributed by atoms with Crippen LogP contribution in [-0.2, 0) is 0 Å². The minimum atomic E-state index is 0.264. The largest absolute Gasteiger partial charge is 0.493 e. The third-order valence-corrected chi connectivity index (χ3v) is 3.49. The van der Waals surface area contributed by atoms with Gasteiger partial charge in [0, 0.05) is 26.2 Å². The molecule has 1 saturated heterocycles. The molecule has 19 heavy (non-hydrogen) atoms. The summed E-state index contributed by atoms with van der Waals surface area (Å²) in [4.78, 5) is 8.83. The lowest BCUT2D eigenvalue weighted by molar-refractivity contribution is 0.311. The molecule has 0 spiro atoms. The molecule has 2 N–H and O–H groups in total. The second kappa shape index (κ2) is 4.58. The first-order valence-corrected chi connectivity index (χ1v) is 6.32. The van der Waals surface area contributed by atoms with Gasteiger partial charge >= 0.3 is 0 Å². The first-order valence-electron chi connectivity index (χ1n) is 6.32. The zero-order valence-corrected chi connectivity index (χ0v) is 11.2. The highest BCUT2D eigenvalue weighted by Gasteiger charge is 2.19. The van der Waals surface area contributed by atoms with Crippen LogP contribution in [-0.4, -0.2) is 59.8 Å². The molecule has 0 radical (unpaired) electrons.